The summed E-state index contributed by atoms with van der Waals surface area (Å²) in [6.07, 6.45) is 5.39. The van der Waals surface area contributed by atoms with Crippen molar-refractivity contribution >= 4 is 0 Å². The Morgan fingerprint density at radius 3 is 2.47 bits per heavy atom. The molecule has 1 heteroatoms. The predicted octanol–water partition coefficient (Wildman–Crippen LogP) is 3.49. The van der Waals surface area contributed by atoms with E-state index in [1.807, 2.05) is 0 Å². The maximum atomic E-state index is 3.79. The van der Waals surface area contributed by atoms with E-state index >= 15 is 0 Å². The van der Waals surface area contributed by atoms with E-state index < -0.39 is 0 Å². The number of benzene rings is 1. The predicted molar refractivity (Wildman–Crippen MR) is 72.3 cm³/mol. The lowest BCUT2D eigenvalue weighted by molar-refractivity contribution is 0.509. The van der Waals surface area contributed by atoms with Crippen LogP contribution in [0.1, 0.15) is 50.2 Å². The standard InChI is InChI=1S/C16H23N/c1-3-12-4-6-13(7-5-12)15-10-16(14-8-9-14)17-11(15)2/h4-7,11,14-17H,3,8-10H2,1-2H3. The van der Waals surface area contributed by atoms with Gasteiger partial charge in [0, 0.05) is 18.0 Å². The summed E-state index contributed by atoms with van der Waals surface area (Å²) in [5, 5.41) is 3.79. The quantitative estimate of drug-likeness (QED) is 0.836. The van der Waals surface area contributed by atoms with Gasteiger partial charge in [-0.1, -0.05) is 31.2 Å². The Morgan fingerprint density at radius 2 is 1.88 bits per heavy atom. The summed E-state index contributed by atoms with van der Waals surface area (Å²) in [4.78, 5) is 0. The molecule has 0 aromatic heterocycles. The zero-order valence-electron chi connectivity index (χ0n) is 10.9. The molecule has 1 heterocycles. The lowest BCUT2D eigenvalue weighted by Gasteiger charge is -2.15. The van der Waals surface area contributed by atoms with Crippen molar-refractivity contribution in [1.82, 2.24) is 5.32 Å². The lowest BCUT2D eigenvalue weighted by atomic mass is 9.90. The summed E-state index contributed by atoms with van der Waals surface area (Å²) in [6.45, 7) is 4.57. The molecule has 92 valence electrons. The third kappa shape index (κ3) is 2.26. The van der Waals surface area contributed by atoms with Gasteiger partial charge in [0.15, 0.2) is 0 Å². The first-order chi connectivity index (χ1) is 8.28. The van der Waals surface area contributed by atoms with Crippen LogP contribution in [0, 0.1) is 5.92 Å². The summed E-state index contributed by atoms with van der Waals surface area (Å²) < 4.78 is 0. The highest BCUT2D eigenvalue weighted by Crippen LogP contribution is 2.42. The molecule has 3 unspecified atom stereocenters. The molecule has 1 aliphatic heterocycles. The van der Waals surface area contributed by atoms with Crippen LogP contribution in [0.5, 0.6) is 0 Å². The first-order valence-corrected chi connectivity index (χ1v) is 7.13. The van der Waals surface area contributed by atoms with Crippen molar-refractivity contribution in [3.8, 4) is 0 Å². The van der Waals surface area contributed by atoms with E-state index in [9.17, 15) is 0 Å². The van der Waals surface area contributed by atoms with Crippen LogP contribution < -0.4 is 5.32 Å². The molecule has 1 aliphatic carbocycles. The molecule has 0 spiro atoms. The van der Waals surface area contributed by atoms with Crippen molar-refractivity contribution in [2.75, 3.05) is 0 Å². The fraction of sp³-hybridized carbons (Fsp3) is 0.625. The molecule has 1 aromatic rings. The molecule has 3 rings (SSSR count). The van der Waals surface area contributed by atoms with Gasteiger partial charge >= 0.3 is 0 Å². The van der Waals surface area contributed by atoms with E-state index in [-0.39, 0.29) is 0 Å². The summed E-state index contributed by atoms with van der Waals surface area (Å²) in [5.74, 6) is 1.71. The van der Waals surface area contributed by atoms with Crippen LogP contribution in [0.3, 0.4) is 0 Å². The molecule has 0 bridgehead atoms. The highest BCUT2D eigenvalue weighted by atomic mass is 15.0. The molecule has 3 atom stereocenters. The SMILES string of the molecule is CCc1ccc(C2CC(C3CC3)NC2C)cc1. The largest absolute Gasteiger partial charge is 0.311 e. The first kappa shape index (κ1) is 11.3. The maximum Gasteiger partial charge on any atom is 0.0111 e. The summed E-state index contributed by atoms with van der Waals surface area (Å²) in [6, 6.07) is 10.7. The molecule has 1 nitrogen and oxygen atoms in total. The van der Waals surface area contributed by atoms with Crippen molar-refractivity contribution in [2.24, 2.45) is 5.92 Å². The van der Waals surface area contributed by atoms with E-state index in [0.29, 0.717) is 6.04 Å². The summed E-state index contributed by atoms with van der Waals surface area (Å²) >= 11 is 0. The van der Waals surface area contributed by atoms with Gasteiger partial charge in [-0.25, -0.2) is 0 Å². The van der Waals surface area contributed by atoms with E-state index in [4.69, 9.17) is 0 Å². The molecule has 0 radical (unpaired) electrons. The molecule has 17 heavy (non-hydrogen) atoms. The average Bonchev–Trinajstić information content (AvgIpc) is 3.13. The van der Waals surface area contributed by atoms with Gasteiger partial charge in [-0.05, 0) is 49.7 Å². The lowest BCUT2D eigenvalue weighted by Crippen LogP contribution is -2.29. The van der Waals surface area contributed by atoms with Crippen LogP contribution in [0.2, 0.25) is 0 Å². The van der Waals surface area contributed by atoms with Gasteiger partial charge in [-0.3, -0.25) is 0 Å². The third-order valence-electron chi connectivity index (χ3n) is 4.60. The van der Waals surface area contributed by atoms with Crippen LogP contribution in [0.4, 0.5) is 0 Å². The number of aryl methyl sites for hydroxylation is 1. The van der Waals surface area contributed by atoms with Crippen LogP contribution >= 0.6 is 0 Å². The Bertz CT molecular complexity index is 377. The van der Waals surface area contributed by atoms with Crippen molar-refractivity contribution in [1.29, 1.82) is 0 Å². The second-order valence-corrected chi connectivity index (χ2v) is 5.84. The molecular weight excluding hydrogens is 206 g/mol. The van der Waals surface area contributed by atoms with Gasteiger partial charge < -0.3 is 5.32 Å². The highest BCUT2D eigenvalue weighted by Gasteiger charge is 2.40. The first-order valence-electron chi connectivity index (χ1n) is 7.13. The number of rotatable bonds is 3. The Labute approximate surface area is 105 Å². The second-order valence-electron chi connectivity index (χ2n) is 5.84. The molecule has 2 fully saturated rings. The van der Waals surface area contributed by atoms with Gasteiger partial charge in [0.05, 0.1) is 0 Å². The number of hydrogen-bond donors (Lipinski definition) is 1. The minimum atomic E-state index is 0.646. The maximum absolute atomic E-state index is 3.79. The fourth-order valence-corrected chi connectivity index (χ4v) is 3.25. The van der Waals surface area contributed by atoms with Crippen molar-refractivity contribution in [3.05, 3.63) is 35.4 Å². The zero-order chi connectivity index (χ0) is 11.8. The van der Waals surface area contributed by atoms with Gasteiger partial charge in [0.2, 0.25) is 0 Å². The third-order valence-corrected chi connectivity index (χ3v) is 4.60. The monoisotopic (exact) mass is 229 g/mol. The van der Waals surface area contributed by atoms with E-state index in [1.54, 1.807) is 0 Å². The molecule has 1 saturated carbocycles. The second kappa shape index (κ2) is 4.45. The molecular formula is C16H23N. The summed E-state index contributed by atoms with van der Waals surface area (Å²) in [5.41, 5.74) is 2.98. The van der Waals surface area contributed by atoms with E-state index in [1.165, 1.54) is 30.4 Å². The Kier molecular flexibility index (Phi) is 2.96. The Balaban J connectivity index is 1.73. The van der Waals surface area contributed by atoms with Crippen LogP contribution in [0.15, 0.2) is 24.3 Å². The molecule has 1 N–H and O–H groups in total. The minimum absolute atomic E-state index is 0.646. The van der Waals surface area contributed by atoms with Gasteiger partial charge in [0.25, 0.3) is 0 Å². The normalized spacial score (nSPS) is 32.9. The van der Waals surface area contributed by atoms with Crippen molar-refractivity contribution < 1.29 is 0 Å². The molecule has 0 amide bonds. The van der Waals surface area contributed by atoms with Gasteiger partial charge in [0.1, 0.15) is 0 Å². The zero-order valence-corrected chi connectivity index (χ0v) is 10.9. The topological polar surface area (TPSA) is 12.0 Å². The van der Waals surface area contributed by atoms with E-state index in [0.717, 1.165) is 24.3 Å². The Morgan fingerprint density at radius 1 is 1.18 bits per heavy atom. The molecule has 1 saturated heterocycles. The van der Waals surface area contributed by atoms with Crippen molar-refractivity contribution in [3.63, 3.8) is 0 Å². The fourth-order valence-electron chi connectivity index (χ4n) is 3.25. The van der Waals surface area contributed by atoms with Gasteiger partial charge in [-0.15, -0.1) is 0 Å². The molecule has 1 aromatic carbocycles. The Hall–Kier alpha value is -0.820. The average molecular weight is 229 g/mol. The highest BCUT2D eigenvalue weighted by molar-refractivity contribution is 5.28. The molecule has 2 aliphatic rings. The summed E-state index contributed by atoms with van der Waals surface area (Å²) in [7, 11) is 0. The van der Waals surface area contributed by atoms with Crippen LogP contribution in [0.25, 0.3) is 0 Å². The number of hydrogen-bond acceptors (Lipinski definition) is 1. The smallest absolute Gasteiger partial charge is 0.0111 e. The van der Waals surface area contributed by atoms with Crippen LogP contribution in [-0.2, 0) is 6.42 Å². The van der Waals surface area contributed by atoms with Gasteiger partial charge in [-0.2, -0.15) is 0 Å². The number of nitrogens with one attached hydrogen (secondary N) is 1. The van der Waals surface area contributed by atoms with Crippen molar-refractivity contribution in [2.45, 2.75) is 57.5 Å². The van der Waals surface area contributed by atoms with E-state index in [2.05, 4.69) is 43.4 Å². The van der Waals surface area contributed by atoms with Crippen LogP contribution in [-0.4, -0.2) is 12.1 Å². The minimum Gasteiger partial charge on any atom is -0.311 e.